The molecule has 0 N–H and O–H groups in total. The normalized spacial score (nSPS) is 49.1. The van der Waals surface area contributed by atoms with Gasteiger partial charge in [0.2, 0.25) is 0 Å². The van der Waals surface area contributed by atoms with Crippen molar-refractivity contribution in [1.82, 2.24) is 0 Å². The Morgan fingerprint density at radius 2 is 1.80 bits per heavy atom. The highest BCUT2D eigenvalue weighted by atomic mass is 35.7. The maximum atomic E-state index is 11.0. The van der Waals surface area contributed by atoms with E-state index in [1.165, 1.54) is 0 Å². The zero-order valence-electron chi connectivity index (χ0n) is 5.91. The predicted octanol–water partition coefficient (Wildman–Crippen LogP) is 2.55. The molecule has 0 radical (unpaired) electrons. The molecule has 10 heavy (non-hydrogen) atoms. The van der Waals surface area contributed by atoms with E-state index in [2.05, 4.69) is 0 Å². The standard InChI is InChI=1S/C5H10ClO3P/c1-4-3-5(2)9-10(6,7)8-4/h4-5H,3H2,1-2H3. The van der Waals surface area contributed by atoms with Gasteiger partial charge in [0.15, 0.2) is 0 Å². The van der Waals surface area contributed by atoms with Gasteiger partial charge in [-0.15, -0.1) is 0 Å². The lowest BCUT2D eigenvalue weighted by Gasteiger charge is -2.27. The summed E-state index contributed by atoms with van der Waals surface area (Å²) in [5, 5.41) is 0. The smallest absolute Gasteiger partial charge is 0.294 e. The minimum absolute atomic E-state index is 0.0629. The molecular formula is C5H10ClO3P. The van der Waals surface area contributed by atoms with E-state index >= 15 is 0 Å². The van der Waals surface area contributed by atoms with Gasteiger partial charge < -0.3 is 0 Å². The van der Waals surface area contributed by atoms with Crippen molar-refractivity contribution in [3.05, 3.63) is 0 Å². The second kappa shape index (κ2) is 2.82. The molecule has 0 aromatic carbocycles. The summed E-state index contributed by atoms with van der Waals surface area (Å²) in [6, 6.07) is 0. The van der Waals surface area contributed by atoms with Crippen LogP contribution in [0.2, 0.25) is 0 Å². The van der Waals surface area contributed by atoms with Gasteiger partial charge >= 0.3 is 6.95 Å². The van der Waals surface area contributed by atoms with Gasteiger partial charge in [0.1, 0.15) is 0 Å². The fraction of sp³-hybridized carbons (Fsp3) is 1.00. The molecule has 1 aliphatic rings. The van der Waals surface area contributed by atoms with Crippen LogP contribution in [0.1, 0.15) is 20.3 Å². The summed E-state index contributed by atoms with van der Waals surface area (Å²) in [7, 11) is 0. The molecule has 1 fully saturated rings. The van der Waals surface area contributed by atoms with E-state index in [9.17, 15) is 4.57 Å². The van der Waals surface area contributed by atoms with Crippen LogP contribution in [0.15, 0.2) is 0 Å². The average molecular weight is 185 g/mol. The molecule has 1 aliphatic heterocycles. The van der Waals surface area contributed by atoms with Crippen molar-refractivity contribution < 1.29 is 13.6 Å². The van der Waals surface area contributed by atoms with Crippen LogP contribution < -0.4 is 0 Å². The highest BCUT2D eigenvalue weighted by molar-refractivity contribution is 7.81. The monoisotopic (exact) mass is 184 g/mol. The van der Waals surface area contributed by atoms with Gasteiger partial charge in [-0.3, -0.25) is 9.05 Å². The first kappa shape index (κ1) is 8.54. The molecule has 0 amide bonds. The number of hydrogen-bond acceptors (Lipinski definition) is 3. The molecule has 1 heterocycles. The van der Waals surface area contributed by atoms with Crippen LogP contribution in [0.5, 0.6) is 0 Å². The Balaban J connectivity index is 2.60. The van der Waals surface area contributed by atoms with Crippen molar-refractivity contribution >= 4 is 18.2 Å². The third-order valence-corrected chi connectivity index (χ3v) is 2.98. The highest BCUT2D eigenvalue weighted by Gasteiger charge is 2.32. The van der Waals surface area contributed by atoms with Crippen molar-refractivity contribution in [2.75, 3.05) is 0 Å². The summed E-state index contributed by atoms with van der Waals surface area (Å²) in [6.07, 6.45) is 0.621. The molecule has 0 aromatic rings. The molecular weight excluding hydrogens is 174 g/mol. The zero-order chi connectivity index (χ0) is 7.78. The van der Waals surface area contributed by atoms with Gasteiger partial charge in [0, 0.05) is 17.7 Å². The summed E-state index contributed by atoms with van der Waals surface area (Å²) < 4.78 is 20.7. The highest BCUT2D eigenvalue weighted by Crippen LogP contribution is 2.58. The van der Waals surface area contributed by atoms with E-state index in [0.29, 0.717) is 0 Å². The Morgan fingerprint density at radius 1 is 1.40 bits per heavy atom. The lowest BCUT2D eigenvalue weighted by atomic mass is 10.2. The van der Waals surface area contributed by atoms with Crippen LogP contribution in [0.3, 0.4) is 0 Å². The molecule has 1 saturated heterocycles. The molecule has 0 spiro atoms. The van der Waals surface area contributed by atoms with E-state index < -0.39 is 6.95 Å². The SMILES string of the molecule is CC1CC(C)OP(=O)(Cl)O1. The van der Waals surface area contributed by atoms with Crippen LogP contribution in [-0.4, -0.2) is 12.2 Å². The molecule has 0 bridgehead atoms. The maximum absolute atomic E-state index is 11.0. The fourth-order valence-corrected chi connectivity index (χ4v) is 2.91. The lowest BCUT2D eigenvalue weighted by Crippen LogP contribution is -2.22. The fourth-order valence-electron chi connectivity index (χ4n) is 1.01. The van der Waals surface area contributed by atoms with Crippen molar-refractivity contribution in [3.63, 3.8) is 0 Å². The van der Waals surface area contributed by atoms with Gasteiger partial charge in [-0.2, -0.15) is 0 Å². The Morgan fingerprint density at radius 3 is 2.10 bits per heavy atom. The van der Waals surface area contributed by atoms with Gasteiger partial charge in [-0.25, -0.2) is 4.57 Å². The van der Waals surface area contributed by atoms with E-state index in [1.54, 1.807) is 0 Å². The first-order valence-electron chi connectivity index (χ1n) is 3.16. The van der Waals surface area contributed by atoms with E-state index in [0.717, 1.165) is 6.42 Å². The number of rotatable bonds is 0. The Labute approximate surface area is 65.0 Å². The third-order valence-electron chi connectivity index (χ3n) is 1.28. The maximum Gasteiger partial charge on any atom is 0.424 e. The van der Waals surface area contributed by atoms with E-state index in [1.807, 2.05) is 13.8 Å². The van der Waals surface area contributed by atoms with Crippen LogP contribution >= 0.6 is 18.2 Å². The van der Waals surface area contributed by atoms with Crippen LogP contribution in [0, 0.1) is 0 Å². The molecule has 0 saturated carbocycles. The molecule has 5 heteroatoms. The van der Waals surface area contributed by atoms with E-state index in [4.69, 9.17) is 20.3 Å². The van der Waals surface area contributed by atoms with Crippen molar-refractivity contribution in [2.45, 2.75) is 32.5 Å². The van der Waals surface area contributed by atoms with Crippen molar-refractivity contribution in [3.8, 4) is 0 Å². The minimum Gasteiger partial charge on any atom is -0.294 e. The van der Waals surface area contributed by atoms with Crippen LogP contribution in [0.4, 0.5) is 0 Å². The second-order valence-corrected chi connectivity index (χ2v) is 5.02. The molecule has 3 nitrogen and oxygen atoms in total. The van der Waals surface area contributed by atoms with Crippen LogP contribution in [-0.2, 0) is 13.6 Å². The zero-order valence-corrected chi connectivity index (χ0v) is 7.56. The Kier molecular flexibility index (Phi) is 2.41. The quantitative estimate of drug-likeness (QED) is 0.543. The first-order chi connectivity index (χ1) is 4.49. The number of hydrogen-bond donors (Lipinski definition) is 0. The first-order valence-corrected chi connectivity index (χ1v) is 5.61. The molecule has 0 aromatic heterocycles. The summed E-state index contributed by atoms with van der Waals surface area (Å²) in [5.74, 6) is 0. The predicted molar refractivity (Wildman–Crippen MR) is 39.2 cm³/mol. The lowest BCUT2D eigenvalue weighted by molar-refractivity contribution is 0.0576. The Hall–Kier alpha value is 0.440. The largest absolute Gasteiger partial charge is 0.424 e. The molecule has 1 rings (SSSR count). The average Bonchev–Trinajstić information content (AvgIpc) is 1.54. The Bertz CT molecular complexity index is 158. The van der Waals surface area contributed by atoms with Crippen molar-refractivity contribution in [2.24, 2.45) is 0 Å². The van der Waals surface area contributed by atoms with Gasteiger partial charge in [-0.1, -0.05) is 0 Å². The second-order valence-electron chi connectivity index (χ2n) is 2.50. The van der Waals surface area contributed by atoms with Gasteiger partial charge in [0.25, 0.3) is 0 Å². The van der Waals surface area contributed by atoms with Crippen LogP contribution in [0.25, 0.3) is 0 Å². The summed E-state index contributed by atoms with van der Waals surface area (Å²) in [6.45, 7) is 0.428. The summed E-state index contributed by atoms with van der Waals surface area (Å²) >= 11 is 5.37. The summed E-state index contributed by atoms with van der Waals surface area (Å²) in [5.41, 5.74) is 0. The topological polar surface area (TPSA) is 35.5 Å². The number of halogens is 1. The van der Waals surface area contributed by atoms with E-state index in [-0.39, 0.29) is 12.2 Å². The summed E-state index contributed by atoms with van der Waals surface area (Å²) in [4.78, 5) is 0. The molecule has 2 unspecified atom stereocenters. The molecule has 60 valence electrons. The van der Waals surface area contributed by atoms with Gasteiger partial charge in [0.05, 0.1) is 12.2 Å². The minimum atomic E-state index is -3.23. The molecule has 2 atom stereocenters. The third kappa shape index (κ3) is 2.24. The molecule has 0 aliphatic carbocycles. The van der Waals surface area contributed by atoms with Gasteiger partial charge in [-0.05, 0) is 13.8 Å². The van der Waals surface area contributed by atoms with Crippen molar-refractivity contribution in [1.29, 1.82) is 0 Å².